The summed E-state index contributed by atoms with van der Waals surface area (Å²) in [5.41, 5.74) is 0.450. The maximum atomic E-state index is 13.1. The number of carbonyl (C=O) groups is 3. The van der Waals surface area contributed by atoms with E-state index in [1.807, 2.05) is 17.5 Å². The van der Waals surface area contributed by atoms with E-state index in [9.17, 15) is 18.8 Å². The molecule has 0 spiro atoms. The summed E-state index contributed by atoms with van der Waals surface area (Å²) in [5, 5.41) is 1.88. The van der Waals surface area contributed by atoms with Crippen LogP contribution in [0, 0.1) is 11.7 Å². The fraction of sp³-hybridized carbons (Fsp3) is 0.409. The van der Waals surface area contributed by atoms with Crippen LogP contribution in [0.2, 0.25) is 0 Å². The molecule has 0 bridgehead atoms. The Labute approximate surface area is 178 Å². The zero-order chi connectivity index (χ0) is 21.1. The van der Waals surface area contributed by atoms with Crippen molar-refractivity contribution in [2.75, 3.05) is 39.3 Å². The van der Waals surface area contributed by atoms with Crippen LogP contribution in [0.1, 0.15) is 32.9 Å². The number of rotatable bonds is 3. The largest absolute Gasteiger partial charge is 0.339 e. The Morgan fingerprint density at radius 1 is 0.867 bits per heavy atom. The molecule has 0 saturated carbocycles. The number of hydrogen-bond donors (Lipinski definition) is 0. The molecule has 0 aliphatic carbocycles. The zero-order valence-electron chi connectivity index (χ0n) is 16.6. The van der Waals surface area contributed by atoms with E-state index in [1.54, 1.807) is 14.7 Å². The van der Waals surface area contributed by atoms with Gasteiger partial charge in [0.25, 0.3) is 11.8 Å². The molecule has 2 aromatic rings. The highest BCUT2D eigenvalue weighted by Crippen LogP contribution is 2.23. The van der Waals surface area contributed by atoms with Crippen molar-refractivity contribution in [3.8, 4) is 0 Å². The van der Waals surface area contributed by atoms with E-state index in [4.69, 9.17) is 0 Å². The lowest BCUT2D eigenvalue weighted by Gasteiger charge is -2.39. The Hall–Kier alpha value is -2.74. The van der Waals surface area contributed by atoms with E-state index >= 15 is 0 Å². The van der Waals surface area contributed by atoms with Gasteiger partial charge in [-0.1, -0.05) is 6.07 Å². The van der Waals surface area contributed by atoms with Gasteiger partial charge in [0, 0.05) is 44.8 Å². The third-order valence-corrected chi connectivity index (χ3v) is 6.62. The summed E-state index contributed by atoms with van der Waals surface area (Å²) < 4.78 is 13.1. The second-order valence-corrected chi connectivity index (χ2v) is 8.64. The fourth-order valence-corrected chi connectivity index (χ4v) is 4.77. The molecule has 1 aromatic heterocycles. The van der Waals surface area contributed by atoms with Crippen molar-refractivity contribution in [1.82, 2.24) is 14.7 Å². The molecule has 158 valence electrons. The molecule has 4 rings (SSSR count). The minimum Gasteiger partial charge on any atom is -0.339 e. The van der Waals surface area contributed by atoms with Crippen LogP contribution < -0.4 is 0 Å². The van der Waals surface area contributed by atoms with Gasteiger partial charge < -0.3 is 14.7 Å². The Bertz CT molecular complexity index is 908. The lowest BCUT2D eigenvalue weighted by atomic mass is 9.96. The zero-order valence-corrected chi connectivity index (χ0v) is 17.4. The fourth-order valence-electron chi connectivity index (χ4n) is 4.08. The number of halogens is 1. The average Bonchev–Trinajstić information content (AvgIpc) is 3.33. The van der Waals surface area contributed by atoms with Gasteiger partial charge in [0.15, 0.2) is 0 Å². The number of piperidine rings is 1. The van der Waals surface area contributed by atoms with Crippen molar-refractivity contribution >= 4 is 29.1 Å². The number of hydrogen-bond acceptors (Lipinski definition) is 4. The molecule has 8 heteroatoms. The first-order valence-corrected chi connectivity index (χ1v) is 11.1. The van der Waals surface area contributed by atoms with Crippen molar-refractivity contribution in [3.63, 3.8) is 0 Å². The molecule has 3 amide bonds. The summed E-state index contributed by atoms with van der Waals surface area (Å²) in [6, 6.07) is 9.19. The molecule has 0 radical (unpaired) electrons. The molecular formula is C22H24FN3O3S. The smallest absolute Gasteiger partial charge is 0.263 e. The number of piperazine rings is 1. The first-order valence-electron chi connectivity index (χ1n) is 10.2. The third-order valence-electron chi connectivity index (χ3n) is 5.76. The third kappa shape index (κ3) is 4.38. The Kier molecular flexibility index (Phi) is 6.13. The highest BCUT2D eigenvalue weighted by atomic mass is 32.1. The summed E-state index contributed by atoms with van der Waals surface area (Å²) in [7, 11) is 0. The maximum Gasteiger partial charge on any atom is 0.263 e. The van der Waals surface area contributed by atoms with Crippen molar-refractivity contribution in [1.29, 1.82) is 0 Å². The molecule has 2 saturated heterocycles. The predicted octanol–water partition coefficient (Wildman–Crippen LogP) is 2.72. The van der Waals surface area contributed by atoms with Crippen LogP contribution in [0.4, 0.5) is 4.39 Å². The van der Waals surface area contributed by atoms with Gasteiger partial charge in [0.05, 0.1) is 10.8 Å². The molecule has 1 atom stereocenters. The van der Waals surface area contributed by atoms with Gasteiger partial charge in [-0.05, 0) is 48.6 Å². The van der Waals surface area contributed by atoms with Gasteiger partial charge in [-0.2, -0.15) is 0 Å². The molecule has 0 unspecified atom stereocenters. The van der Waals surface area contributed by atoms with E-state index in [-0.39, 0.29) is 29.5 Å². The van der Waals surface area contributed by atoms with Crippen LogP contribution in [0.3, 0.4) is 0 Å². The van der Waals surface area contributed by atoms with Gasteiger partial charge in [0.2, 0.25) is 5.91 Å². The van der Waals surface area contributed by atoms with E-state index in [0.29, 0.717) is 49.7 Å². The van der Waals surface area contributed by atoms with Crippen LogP contribution >= 0.6 is 11.3 Å². The number of likely N-dealkylation sites (tertiary alicyclic amines) is 1. The predicted molar refractivity (Wildman–Crippen MR) is 112 cm³/mol. The normalized spacial score (nSPS) is 19.6. The van der Waals surface area contributed by atoms with Crippen LogP contribution in [0.25, 0.3) is 0 Å². The molecule has 2 aliphatic rings. The van der Waals surface area contributed by atoms with E-state index in [1.165, 1.54) is 35.6 Å². The van der Waals surface area contributed by atoms with E-state index < -0.39 is 0 Å². The van der Waals surface area contributed by atoms with Gasteiger partial charge in [-0.25, -0.2) is 4.39 Å². The van der Waals surface area contributed by atoms with Crippen molar-refractivity contribution < 1.29 is 18.8 Å². The van der Waals surface area contributed by atoms with E-state index in [2.05, 4.69) is 0 Å². The molecule has 0 N–H and O–H groups in total. The summed E-state index contributed by atoms with van der Waals surface area (Å²) in [4.78, 5) is 44.2. The van der Waals surface area contributed by atoms with Gasteiger partial charge >= 0.3 is 0 Å². The van der Waals surface area contributed by atoms with Crippen molar-refractivity contribution in [2.45, 2.75) is 12.8 Å². The summed E-state index contributed by atoms with van der Waals surface area (Å²) in [6.45, 7) is 2.98. The monoisotopic (exact) mass is 429 g/mol. The molecule has 30 heavy (non-hydrogen) atoms. The lowest BCUT2D eigenvalue weighted by molar-refractivity contribution is -0.138. The van der Waals surface area contributed by atoms with Crippen LogP contribution in [0.15, 0.2) is 41.8 Å². The van der Waals surface area contributed by atoms with Crippen LogP contribution in [0.5, 0.6) is 0 Å². The summed E-state index contributed by atoms with van der Waals surface area (Å²) in [6.07, 6.45) is 1.60. The quantitative estimate of drug-likeness (QED) is 0.754. The molecular weight excluding hydrogens is 405 g/mol. The second-order valence-electron chi connectivity index (χ2n) is 7.69. The Morgan fingerprint density at radius 2 is 1.57 bits per heavy atom. The van der Waals surface area contributed by atoms with Gasteiger partial charge in [0.1, 0.15) is 5.82 Å². The van der Waals surface area contributed by atoms with Gasteiger partial charge in [-0.15, -0.1) is 11.3 Å². The molecule has 6 nitrogen and oxygen atoms in total. The average molecular weight is 430 g/mol. The minimum atomic E-state index is -0.374. The van der Waals surface area contributed by atoms with Crippen molar-refractivity contribution in [3.05, 3.63) is 58.0 Å². The van der Waals surface area contributed by atoms with Crippen LogP contribution in [-0.4, -0.2) is 71.7 Å². The lowest BCUT2D eigenvalue weighted by Crippen LogP contribution is -2.54. The Balaban J connectivity index is 1.32. The van der Waals surface area contributed by atoms with Crippen LogP contribution in [-0.2, 0) is 4.79 Å². The molecule has 3 heterocycles. The van der Waals surface area contributed by atoms with Gasteiger partial charge in [-0.3, -0.25) is 14.4 Å². The minimum absolute atomic E-state index is 0.00258. The number of benzene rings is 1. The highest BCUT2D eigenvalue weighted by molar-refractivity contribution is 7.12. The van der Waals surface area contributed by atoms with Crippen molar-refractivity contribution in [2.24, 2.45) is 5.92 Å². The number of nitrogens with zero attached hydrogens (tertiary/aromatic N) is 3. The molecule has 2 aliphatic heterocycles. The topological polar surface area (TPSA) is 60.9 Å². The number of thiophene rings is 1. The first-order chi connectivity index (χ1) is 14.5. The maximum absolute atomic E-state index is 13.1. The Morgan fingerprint density at radius 3 is 2.23 bits per heavy atom. The first kappa shape index (κ1) is 20.5. The molecule has 1 aromatic carbocycles. The standard InChI is InChI=1S/C22H24FN3O3S/c23-18-7-5-16(6-8-18)20(27)24-10-12-25(13-11-24)21(28)17-3-1-9-26(15-17)22(29)19-4-2-14-30-19/h2,4-8,14,17H,1,3,9-13,15H2/t17-/m0/s1. The molecule has 2 fully saturated rings. The second kappa shape index (κ2) is 8.95. The van der Waals surface area contributed by atoms with E-state index in [0.717, 1.165) is 12.8 Å². The number of carbonyl (C=O) groups excluding carboxylic acids is 3. The SMILES string of the molecule is O=C(c1ccc(F)cc1)N1CCN(C(=O)[C@H]2CCCN(C(=O)c3cccs3)C2)CC1. The number of amides is 3. The summed E-state index contributed by atoms with van der Waals surface area (Å²) >= 11 is 1.42. The summed E-state index contributed by atoms with van der Waals surface area (Å²) in [5.74, 6) is -0.652. The highest BCUT2D eigenvalue weighted by Gasteiger charge is 2.33.